The number of rotatable bonds is 14. The van der Waals surface area contributed by atoms with E-state index in [1.807, 2.05) is 0 Å². The number of carboxylic acids is 1. The second-order valence-electron chi connectivity index (χ2n) is 7.22. The summed E-state index contributed by atoms with van der Waals surface area (Å²) in [6.07, 6.45) is 18.1. The van der Waals surface area contributed by atoms with Crippen molar-refractivity contribution in [2.75, 3.05) is 31.2 Å². The molecule has 0 rings (SSSR count). The normalized spacial score (nSPS) is 11.4. The van der Waals surface area contributed by atoms with Crippen LogP contribution in [0.5, 0.6) is 0 Å². The van der Waals surface area contributed by atoms with Crippen molar-refractivity contribution in [2.45, 2.75) is 86.0 Å². The molecule has 0 aromatic heterocycles. The number of amides is 1. The topological polar surface area (TPSA) is 66.4 Å². The van der Waals surface area contributed by atoms with Crippen molar-refractivity contribution < 1.29 is 14.7 Å². The van der Waals surface area contributed by atoms with Crippen molar-refractivity contribution in [3.05, 3.63) is 0 Å². The first kappa shape index (κ1) is 26.6. The molecular weight excluding hydrogens is 333 g/mol. The first-order chi connectivity index (χ1) is 11.9. The maximum absolute atomic E-state index is 9.97. The van der Waals surface area contributed by atoms with Gasteiger partial charge in [-0.15, -0.1) is 0 Å². The minimum absolute atomic E-state index is 0.296. The van der Waals surface area contributed by atoms with Crippen LogP contribution < -0.4 is 5.32 Å². The molecule has 0 aliphatic rings. The second-order valence-corrected chi connectivity index (χ2v) is 12.2. The second kappa shape index (κ2) is 18.2. The number of carboxylic acid groups (broad SMARTS) is 1. The van der Waals surface area contributed by atoms with Gasteiger partial charge in [-0.2, -0.15) is 0 Å². The molecule has 0 saturated carbocycles. The van der Waals surface area contributed by atoms with Crippen LogP contribution in [0.3, 0.4) is 0 Å². The standard InChI is InChI=1S/C16H37P.C4H7NO3/c1-5-9-13-17(14-10-6-2,15-11-7-3)16-12-8-4;1-3(6)5-2-4(7)8/h17H,5-16H2,1-4H3;2H2,1H3,(H,5,6)(H,7,8). The number of carbonyl (C=O) groups is 2. The van der Waals surface area contributed by atoms with Crippen LogP contribution in [0.15, 0.2) is 0 Å². The molecule has 0 heterocycles. The molecule has 0 aromatic rings. The van der Waals surface area contributed by atoms with Crippen LogP contribution >= 0.6 is 7.26 Å². The van der Waals surface area contributed by atoms with Crippen molar-refractivity contribution in [1.29, 1.82) is 0 Å². The molecule has 0 aliphatic heterocycles. The van der Waals surface area contributed by atoms with Crippen LogP contribution in [0.1, 0.15) is 86.0 Å². The Hall–Kier alpha value is -0.630. The number of carbonyl (C=O) groups excluding carboxylic acids is 1. The number of aliphatic carboxylic acids is 1. The van der Waals surface area contributed by atoms with Gasteiger partial charge in [0, 0.05) is 6.92 Å². The molecule has 0 aliphatic carbocycles. The Balaban J connectivity index is 0. The van der Waals surface area contributed by atoms with Crippen LogP contribution in [-0.4, -0.2) is 48.2 Å². The van der Waals surface area contributed by atoms with Crippen molar-refractivity contribution in [2.24, 2.45) is 0 Å². The summed E-state index contributed by atoms with van der Waals surface area (Å²) in [6.45, 7) is 10.4. The zero-order valence-electron chi connectivity index (χ0n) is 17.5. The predicted molar refractivity (Wildman–Crippen MR) is 114 cm³/mol. The summed E-state index contributed by atoms with van der Waals surface area (Å²) in [7, 11) is -0.879. The first-order valence-electron chi connectivity index (χ1n) is 10.3. The van der Waals surface area contributed by atoms with Gasteiger partial charge in [0.05, 0.1) is 0 Å². The van der Waals surface area contributed by atoms with Gasteiger partial charge < -0.3 is 10.4 Å². The molecule has 1 amide bonds. The van der Waals surface area contributed by atoms with Gasteiger partial charge in [-0.3, -0.25) is 9.59 Å². The molecule has 25 heavy (non-hydrogen) atoms. The van der Waals surface area contributed by atoms with Crippen LogP contribution in [0.25, 0.3) is 0 Å². The minimum atomic E-state index is -1.03. The van der Waals surface area contributed by atoms with E-state index in [9.17, 15) is 9.59 Å². The predicted octanol–water partition coefficient (Wildman–Crippen LogP) is 5.14. The molecule has 0 saturated heterocycles. The van der Waals surface area contributed by atoms with Gasteiger partial charge in [-0.05, 0) is 0 Å². The van der Waals surface area contributed by atoms with Crippen LogP contribution in [0, 0.1) is 0 Å². The van der Waals surface area contributed by atoms with Crippen molar-refractivity contribution in [1.82, 2.24) is 5.32 Å². The zero-order chi connectivity index (χ0) is 19.6. The zero-order valence-corrected chi connectivity index (χ0v) is 18.5. The molecule has 2 N–H and O–H groups in total. The van der Waals surface area contributed by atoms with Crippen LogP contribution in [0.4, 0.5) is 0 Å². The quantitative estimate of drug-likeness (QED) is 0.412. The molecular formula is C20H44NO3P. The summed E-state index contributed by atoms with van der Waals surface area (Å²) in [5, 5.41) is 10.1. The summed E-state index contributed by atoms with van der Waals surface area (Å²) in [5.41, 5.74) is 0. The van der Waals surface area contributed by atoms with Crippen molar-refractivity contribution in [3.8, 4) is 0 Å². The summed E-state index contributed by atoms with van der Waals surface area (Å²) in [5.74, 6) is -1.35. The fourth-order valence-corrected chi connectivity index (χ4v) is 9.07. The van der Waals surface area contributed by atoms with E-state index in [1.165, 1.54) is 58.3 Å². The Morgan fingerprint density at radius 3 is 1.24 bits per heavy atom. The molecule has 0 unspecified atom stereocenters. The molecule has 0 aromatic carbocycles. The fourth-order valence-electron chi connectivity index (χ4n) is 3.16. The Bertz CT molecular complexity index is 283. The molecule has 0 spiro atoms. The van der Waals surface area contributed by atoms with E-state index in [-0.39, 0.29) is 12.5 Å². The summed E-state index contributed by atoms with van der Waals surface area (Å²) in [6, 6.07) is 0. The average molecular weight is 378 g/mol. The third-order valence-corrected chi connectivity index (χ3v) is 10.4. The number of nitrogens with one attached hydrogen (secondary N) is 1. The molecule has 4 nitrogen and oxygen atoms in total. The van der Waals surface area contributed by atoms with E-state index >= 15 is 0 Å². The Labute approximate surface area is 156 Å². The van der Waals surface area contributed by atoms with Crippen molar-refractivity contribution in [3.63, 3.8) is 0 Å². The summed E-state index contributed by atoms with van der Waals surface area (Å²) < 4.78 is 0. The van der Waals surface area contributed by atoms with Crippen LogP contribution in [0.2, 0.25) is 0 Å². The van der Waals surface area contributed by atoms with Gasteiger partial charge in [-0.1, -0.05) is 0 Å². The van der Waals surface area contributed by atoms with E-state index in [0.717, 1.165) is 0 Å². The Morgan fingerprint density at radius 1 is 0.760 bits per heavy atom. The maximum atomic E-state index is 9.97. The van der Waals surface area contributed by atoms with E-state index in [4.69, 9.17) is 5.11 Å². The number of unbranched alkanes of at least 4 members (excludes halogenated alkanes) is 4. The van der Waals surface area contributed by atoms with Gasteiger partial charge >= 0.3 is 117 Å². The number of hydrogen-bond acceptors (Lipinski definition) is 2. The van der Waals surface area contributed by atoms with Gasteiger partial charge in [0.15, 0.2) is 0 Å². The average Bonchev–Trinajstić information content (AvgIpc) is 2.59. The van der Waals surface area contributed by atoms with Crippen LogP contribution in [-0.2, 0) is 9.59 Å². The van der Waals surface area contributed by atoms with Gasteiger partial charge in [0.25, 0.3) is 0 Å². The van der Waals surface area contributed by atoms with Crippen molar-refractivity contribution >= 4 is 19.1 Å². The van der Waals surface area contributed by atoms with Gasteiger partial charge in [0.1, 0.15) is 6.54 Å². The first-order valence-corrected chi connectivity index (χ1v) is 13.2. The Kier molecular flexibility index (Phi) is 19.3. The molecule has 5 heteroatoms. The third-order valence-electron chi connectivity index (χ3n) is 4.73. The van der Waals surface area contributed by atoms with E-state index in [1.54, 1.807) is 24.6 Å². The fraction of sp³-hybridized carbons (Fsp3) is 0.900. The van der Waals surface area contributed by atoms with E-state index in [0.29, 0.717) is 0 Å². The molecule has 0 atom stereocenters. The number of hydrogen-bond donors (Lipinski definition) is 2. The summed E-state index contributed by atoms with van der Waals surface area (Å²) >= 11 is 0. The van der Waals surface area contributed by atoms with Gasteiger partial charge in [0.2, 0.25) is 5.91 Å². The Morgan fingerprint density at radius 2 is 1.08 bits per heavy atom. The molecule has 0 fully saturated rings. The van der Waals surface area contributed by atoms with E-state index < -0.39 is 13.2 Å². The van der Waals surface area contributed by atoms with E-state index in [2.05, 4.69) is 33.0 Å². The summed E-state index contributed by atoms with van der Waals surface area (Å²) in [4.78, 5) is 19.7. The monoisotopic (exact) mass is 377 g/mol. The molecule has 0 radical (unpaired) electrons. The van der Waals surface area contributed by atoms with Gasteiger partial charge in [-0.25, -0.2) is 0 Å². The third kappa shape index (κ3) is 18.0. The molecule has 0 bridgehead atoms. The SMILES string of the molecule is CC(=O)NCC(=O)O.CCCC[PH](CCCC)(CCCC)CCCC. The molecule has 152 valence electrons.